The number of aromatic nitrogens is 1. The van der Waals surface area contributed by atoms with E-state index in [-0.39, 0.29) is 0 Å². The third-order valence-corrected chi connectivity index (χ3v) is 7.67. The van der Waals surface area contributed by atoms with Crippen LogP contribution in [0.5, 0.6) is 0 Å². The summed E-state index contributed by atoms with van der Waals surface area (Å²) in [6.07, 6.45) is 6.21. The Morgan fingerprint density at radius 1 is 0.674 bits per heavy atom. The molecule has 0 saturated heterocycles. The maximum atomic E-state index is 5.12. The Morgan fingerprint density at radius 2 is 1.33 bits per heavy atom. The standard InChI is InChI=1S/C39H30N4/c1-29-25-26-35-34-22-12-14-24-37(34)43(32-19-9-4-10-20-32)39(35)42(36-23-13-11-21-33(29)36)28-41-38(31-17-7-3-8-18-31)40-27-30-15-5-2-6-16-30/h2-26,28H,1,27H2/b26-25-,40-38?,41-28?. The van der Waals surface area contributed by atoms with Gasteiger partial charge in [-0.2, -0.15) is 0 Å². The van der Waals surface area contributed by atoms with E-state index in [4.69, 9.17) is 9.98 Å². The minimum absolute atomic E-state index is 0.536. The first-order valence-corrected chi connectivity index (χ1v) is 14.4. The molecule has 43 heavy (non-hydrogen) atoms. The summed E-state index contributed by atoms with van der Waals surface area (Å²) in [5, 5.41) is 1.16. The predicted molar refractivity (Wildman–Crippen MR) is 182 cm³/mol. The molecule has 0 aliphatic carbocycles. The smallest absolute Gasteiger partial charge is 0.156 e. The Kier molecular flexibility index (Phi) is 7.08. The van der Waals surface area contributed by atoms with Crippen molar-refractivity contribution in [2.75, 3.05) is 4.90 Å². The van der Waals surface area contributed by atoms with E-state index < -0.39 is 0 Å². The van der Waals surface area contributed by atoms with Gasteiger partial charge in [0.2, 0.25) is 0 Å². The molecule has 7 rings (SSSR count). The highest BCUT2D eigenvalue weighted by Crippen LogP contribution is 2.43. The molecule has 1 aromatic heterocycles. The molecule has 0 spiro atoms. The Bertz CT molecular complexity index is 2000. The Hall–Kier alpha value is -5.74. The van der Waals surface area contributed by atoms with Gasteiger partial charge >= 0.3 is 0 Å². The highest BCUT2D eigenvalue weighted by molar-refractivity contribution is 6.10. The molecule has 1 aliphatic rings. The molecule has 1 aliphatic heterocycles. The Balaban J connectivity index is 1.47. The van der Waals surface area contributed by atoms with Gasteiger partial charge < -0.3 is 0 Å². The fourth-order valence-corrected chi connectivity index (χ4v) is 5.61. The van der Waals surface area contributed by atoms with Crippen LogP contribution in [0, 0.1) is 0 Å². The second-order valence-corrected chi connectivity index (χ2v) is 10.4. The van der Waals surface area contributed by atoms with Crippen LogP contribution in [-0.4, -0.2) is 16.7 Å². The number of anilines is 2. The molecule has 6 aromatic rings. The minimum atomic E-state index is 0.536. The van der Waals surface area contributed by atoms with Crippen molar-refractivity contribution in [2.24, 2.45) is 9.98 Å². The number of hydrogen-bond acceptors (Lipinski definition) is 1. The van der Waals surface area contributed by atoms with Gasteiger partial charge in [-0.3, -0.25) is 14.5 Å². The van der Waals surface area contributed by atoms with Gasteiger partial charge in [0.15, 0.2) is 5.84 Å². The average Bonchev–Trinajstić information content (AvgIpc) is 3.39. The fraction of sp³-hybridized carbons (Fsp3) is 0.0256. The van der Waals surface area contributed by atoms with Crippen molar-refractivity contribution in [3.63, 3.8) is 0 Å². The summed E-state index contributed by atoms with van der Waals surface area (Å²) >= 11 is 0. The van der Waals surface area contributed by atoms with Crippen LogP contribution in [0.2, 0.25) is 0 Å². The first kappa shape index (κ1) is 26.2. The van der Waals surface area contributed by atoms with E-state index in [0.29, 0.717) is 12.4 Å². The van der Waals surface area contributed by atoms with Crippen molar-refractivity contribution >= 4 is 46.2 Å². The van der Waals surface area contributed by atoms with Crippen LogP contribution in [0.3, 0.4) is 0 Å². The third kappa shape index (κ3) is 5.11. The molecule has 4 heteroatoms. The highest BCUT2D eigenvalue weighted by atomic mass is 15.3. The molecular formula is C39H30N4. The van der Waals surface area contributed by atoms with Crippen molar-refractivity contribution in [1.82, 2.24) is 4.57 Å². The molecule has 0 atom stereocenters. The number of allylic oxidation sites excluding steroid dienone is 2. The van der Waals surface area contributed by atoms with Crippen LogP contribution in [0.15, 0.2) is 162 Å². The lowest BCUT2D eigenvalue weighted by Crippen LogP contribution is -2.21. The van der Waals surface area contributed by atoms with Crippen LogP contribution in [0.4, 0.5) is 11.5 Å². The summed E-state index contributed by atoms with van der Waals surface area (Å²) in [7, 11) is 0. The van der Waals surface area contributed by atoms with E-state index >= 15 is 0 Å². The summed E-state index contributed by atoms with van der Waals surface area (Å²) in [4.78, 5) is 12.3. The van der Waals surface area contributed by atoms with Crippen molar-refractivity contribution in [3.05, 3.63) is 174 Å². The summed E-state index contributed by atoms with van der Waals surface area (Å²) in [5.74, 6) is 1.67. The lowest BCUT2D eigenvalue weighted by Gasteiger charge is -2.27. The Morgan fingerprint density at radius 3 is 2.12 bits per heavy atom. The zero-order valence-corrected chi connectivity index (χ0v) is 23.7. The zero-order valence-electron chi connectivity index (χ0n) is 23.7. The second kappa shape index (κ2) is 11.6. The van der Waals surface area contributed by atoms with E-state index in [1.54, 1.807) is 0 Å². The summed E-state index contributed by atoms with van der Waals surface area (Å²) < 4.78 is 2.31. The number of benzene rings is 5. The second-order valence-electron chi connectivity index (χ2n) is 10.4. The first-order valence-electron chi connectivity index (χ1n) is 14.4. The number of aliphatic imine (C=N–C) groups is 2. The lowest BCUT2D eigenvalue weighted by atomic mass is 10.0. The maximum absolute atomic E-state index is 5.12. The van der Waals surface area contributed by atoms with Crippen molar-refractivity contribution < 1.29 is 0 Å². The predicted octanol–water partition coefficient (Wildman–Crippen LogP) is 9.48. The van der Waals surface area contributed by atoms with Crippen molar-refractivity contribution in [1.29, 1.82) is 0 Å². The number of rotatable bonds is 5. The normalized spacial score (nSPS) is 13.9. The fourth-order valence-electron chi connectivity index (χ4n) is 5.61. The number of nitrogens with zero attached hydrogens (tertiary/aromatic N) is 4. The molecule has 0 bridgehead atoms. The summed E-state index contributed by atoms with van der Waals surface area (Å²) in [6, 6.07) is 47.8. The third-order valence-electron chi connectivity index (χ3n) is 7.67. The number of para-hydroxylation sites is 3. The van der Waals surface area contributed by atoms with E-state index in [2.05, 4.69) is 125 Å². The van der Waals surface area contributed by atoms with Gasteiger partial charge in [0.05, 0.1) is 17.7 Å². The van der Waals surface area contributed by atoms with E-state index in [1.807, 2.05) is 48.8 Å². The zero-order chi connectivity index (χ0) is 29.0. The van der Waals surface area contributed by atoms with E-state index in [0.717, 1.165) is 55.9 Å². The number of amidine groups is 1. The average molecular weight is 555 g/mol. The number of fused-ring (bicyclic) bond motifs is 4. The summed E-state index contributed by atoms with van der Waals surface area (Å²) in [6.45, 7) is 4.96. The van der Waals surface area contributed by atoms with Crippen LogP contribution in [0.25, 0.3) is 28.2 Å². The highest BCUT2D eigenvalue weighted by Gasteiger charge is 2.25. The van der Waals surface area contributed by atoms with Gasteiger partial charge in [0.25, 0.3) is 0 Å². The maximum Gasteiger partial charge on any atom is 0.156 e. The van der Waals surface area contributed by atoms with Crippen LogP contribution in [0.1, 0.15) is 22.3 Å². The first-order chi connectivity index (χ1) is 21.3. The monoisotopic (exact) mass is 554 g/mol. The SMILES string of the molecule is C=C1/C=C\c2c(n(-c3ccccc3)c3ccccc23)N(C=NC(=NCc2ccccc2)c2ccccc2)c2ccccc21. The molecule has 2 heterocycles. The van der Waals surface area contributed by atoms with Crippen LogP contribution >= 0.6 is 0 Å². The van der Waals surface area contributed by atoms with Gasteiger partial charge in [-0.15, -0.1) is 0 Å². The molecule has 0 saturated carbocycles. The molecule has 0 N–H and O–H groups in total. The van der Waals surface area contributed by atoms with Crippen molar-refractivity contribution in [3.8, 4) is 5.69 Å². The topological polar surface area (TPSA) is 32.9 Å². The molecule has 206 valence electrons. The lowest BCUT2D eigenvalue weighted by molar-refractivity contribution is 1.06. The number of hydrogen-bond donors (Lipinski definition) is 0. The van der Waals surface area contributed by atoms with Gasteiger partial charge in [0.1, 0.15) is 12.2 Å². The Labute approximate surface area is 251 Å². The van der Waals surface area contributed by atoms with Gasteiger partial charge in [-0.1, -0.05) is 134 Å². The molecule has 0 fully saturated rings. The van der Waals surface area contributed by atoms with Gasteiger partial charge in [-0.25, -0.2) is 4.99 Å². The molecule has 0 radical (unpaired) electrons. The van der Waals surface area contributed by atoms with E-state index in [9.17, 15) is 0 Å². The van der Waals surface area contributed by atoms with Gasteiger partial charge in [0, 0.05) is 27.8 Å². The van der Waals surface area contributed by atoms with Crippen molar-refractivity contribution in [2.45, 2.75) is 6.54 Å². The molecule has 4 nitrogen and oxygen atoms in total. The van der Waals surface area contributed by atoms with Crippen LogP contribution in [-0.2, 0) is 6.54 Å². The van der Waals surface area contributed by atoms with Crippen LogP contribution < -0.4 is 4.90 Å². The molecule has 5 aromatic carbocycles. The van der Waals surface area contributed by atoms with E-state index in [1.165, 1.54) is 0 Å². The minimum Gasteiger partial charge on any atom is -0.295 e. The molecular weight excluding hydrogens is 524 g/mol. The summed E-state index contributed by atoms with van der Waals surface area (Å²) in [5.41, 5.74) is 8.37. The quantitative estimate of drug-likeness (QED) is 0.154. The van der Waals surface area contributed by atoms with Gasteiger partial charge in [-0.05, 0) is 35.4 Å². The molecule has 0 unspecified atom stereocenters. The largest absolute Gasteiger partial charge is 0.295 e. The molecule has 0 amide bonds.